The molecular formula is C18H18Cl2N2O4S. The van der Waals surface area contributed by atoms with E-state index in [1.165, 1.54) is 25.3 Å². The van der Waals surface area contributed by atoms with Crippen LogP contribution in [0.5, 0.6) is 0 Å². The van der Waals surface area contributed by atoms with Gasteiger partial charge in [-0.3, -0.25) is 9.52 Å². The number of ether oxygens (including phenoxy) is 1. The molecule has 2 aromatic carbocycles. The van der Waals surface area contributed by atoms with E-state index >= 15 is 0 Å². The molecule has 1 aliphatic heterocycles. The molecule has 0 atom stereocenters. The summed E-state index contributed by atoms with van der Waals surface area (Å²) in [4.78, 5) is 13.8. The molecule has 1 heterocycles. The van der Waals surface area contributed by atoms with Crippen molar-refractivity contribution in [3.63, 3.8) is 0 Å². The molecular weight excluding hydrogens is 411 g/mol. The van der Waals surface area contributed by atoms with Crippen molar-refractivity contribution in [1.29, 1.82) is 0 Å². The Hall–Kier alpha value is -1.80. The highest BCUT2D eigenvalue weighted by Gasteiger charge is 2.24. The molecule has 1 N–H and O–H groups in total. The molecule has 0 aromatic heterocycles. The molecule has 144 valence electrons. The Bertz CT molecular complexity index is 979. The number of carbonyl (C=O) groups excluding carboxylic acids is 1. The first-order chi connectivity index (χ1) is 12.8. The Morgan fingerprint density at radius 2 is 2.00 bits per heavy atom. The molecule has 3 rings (SSSR count). The highest BCUT2D eigenvalue weighted by Crippen LogP contribution is 2.32. The second-order valence-corrected chi connectivity index (χ2v) is 8.60. The number of amides is 1. The largest absolute Gasteiger partial charge is 0.375 e. The van der Waals surface area contributed by atoms with Gasteiger partial charge in [-0.05, 0) is 48.7 Å². The molecule has 1 amide bonds. The molecule has 1 aliphatic rings. The number of methoxy groups -OCH3 is 1. The van der Waals surface area contributed by atoms with Crippen LogP contribution in [0.25, 0.3) is 0 Å². The maximum Gasteiger partial charge on any atom is 0.263 e. The number of aryl methyl sites for hydroxylation is 1. The summed E-state index contributed by atoms with van der Waals surface area (Å²) in [6.07, 6.45) is 1.66. The lowest BCUT2D eigenvalue weighted by molar-refractivity contribution is -0.122. The topological polar surface area (TPSA) is 75.7 Å². The number of nitrogens with zero attached hydrogens (tertiary/aromatic N) is 1. The van der Waals surface area contributed by atoms with Crippen LogP contribution in [-0.2, 0) is 26.0 Å². The Morgan fingerprint density at radius 1 is 1.22 bits per heavy atom. The number of halogens is 2. The molecule has 0 saturated heterocycles. The van der Waals surface area contributed by atoms with Crippen LogP contribution in [0.3, 0.4) is 0 Å². The lowest BCUT2D eigenvalue weighted by atomic mass is 10.0. The highest BCUT2D eigenvalue weighted by molar-refractivity contribution is 7.92. The van der Waals surface area contributed by atoms with Crippen LogP contribution >= 0.6 is 23.2 Å². The van der Waals surface area contributed by atoms with Gasteiger partial charge >= 0.3 is 0 Å². The molecule has 9 heteroatoms. The van der Waals surface area contributed by atoms with E-state index in [-0.39, 0.29) is 27.5 Å². The van der Waals surface area contributed by atoms with E-state index in [4.69, 9.17) is 27.9 Å². The third kappa shape index (κ3) is 4.38. The number of rotatable bonds is 5. The molecule has 0 aliphatic carbocycles. The number of nitrogens with one attached hydrogen (secondary N) is 1. The summed E-state index contributed by atoms with van der Waals surface area (Å²) in [5.41, 5.74) is 2.00. The van der Waals surface area contributed by atoms with Crippen molar-refractivity contribution >= 4 is 50.5 Å². The van der Waals surface area contributed by atoms with E-state index in [9.17, 15) is 13.2 Å². The average molecular weight is 429 g/mol. The second kappa shape index (κ2) is 8.06. The van der Waals surface area contributed by atoms with Crippen molar-refractivity contribution in [3.05, 3.63) is 52.0 Å². The van der Waals surface area contributed by atoms with Gasteiger partial charge in [0.25, 0.3) is 15.9 Å². The average Bonchev–Trinajstić information content (AvgIpc) is 2.63. The van der Waals surface area contributed by atoms with Gasteiger partial charge in [0, 0.05) is 24.4 Å². The third-order valence-corrected chi connectivity index (χ3v) is 6.31. The lowest BCUT2D eigenvalue weighted by Crippen LogP contribution is -2.37. The van der Waals surface area contributed by atoms with Crippen LogP contribution in [0.2, 0.25) is 10.0 Å². The number of anilines is 2. The molecule has 0 unspecified atom stereocenters. The first-order valence-corrected chi connectivity index (χ1v) is 10.5. The Labute approximate surface area is 168 Å². The van der Waals surface area contributed by atoms with Crippen LogP contribution in [-0.4, -0.2) is 34.6 Å². The van der Waals surface area contributed by atoms with E-state index in [0.29, 0.717) is 17.9 Å². The smallest absolute Gasteiger partial charge is 0.263 e. The highest BCUT2D eigenvalue weighted by atomic mass is 35.5. The van der Waals surface area contributed by atoms with Crippen LogP contribution in [0.1, 0.15) is 12.0 Å². The standard InChI is InChI=1S/C18H18Cl2N2O4S/c1-26-11-18(23)22-8-2-3-12-4-6-14(10-16(12)22)21-27(24,25)17-9-13(19)5-7-15(17)20/h4-7,9-10,21H,2-3,8,11H2,1H3. The van der Waals surface area contributed by atoms with E-state index < -0.39 is 10.0 Å². The van der Waals surface area contributed by atoms with Crippen LogP contribution < -0.4 is 9.62 Å². The summed E-state index contributed by atoms with van der Waals surface area (Å²) < 4.78 is 32.9. The molecule has 0 fully saturated rings. The van der Waals surface area contributed by atoms with E-state index in [1.807, 2.05) is 6.07 Å². The number of fused-ring (bicyclic) bond motifs is 1. The molecule has 0 radical (unpaired) electrons. The molecule has 0 bridgehead atoms. The number of carbonyl (C=O) groups is 1. The summed E-state index contributed by atoms with van der Waals surface area (Å²) in [5, 5.41) is 0.336. The zero-order valence-electron chi connectivity index (χ0n) is 14.5. The predicted molar refractivity (Wildman–Crippen MR) is 106 cm³/mol. The van der Waals surface area contributed by atoms with Gasteiger partial charge in [0.15, 0.2) is 0 Å². The van der Waals surface area contributed by atoms with Gasteiger partial charge in [-0.25, -0.2) is 8.42 Å². The van der Waals surface area contributed by atoms with Crippen molar-refractivity contribution in [2.45, 2.75) is 17.7 Å². The quantitative estimate of drug-likeness (QED) is 0.786. The van der Waals surface area contributed by atoms with Gasteiger partial charge in [-0.2, -0.15) is 0 Å². The summed E-state index contributed by atoms with van der Waals surface area (Å²) in [6.45, 7) is 0.527. The third-order valence-electron chi connectivity index (χ3n) is 4.21. The minimum absolute atomic E-state index is 0.0342. The fraction of sp³-hybridized carbons (Fsp3) is 0.278. The van der Waals surface area contributed by atoms with Crippen molar-refractivity contribution in [2.75, 3.05) is 29.9 Å². The van der Waals surface area contributed by atoms with Crippen LogP contribution in [0.15, 0.2) is 41.3 Å². The molecule has 0 spiro atoms. The fourth-order valence-electron chi connectivity index (χ4n) is 2.99. The SMILES string of the molecule is COCC(=O)N1CCCc2ccc(NS(=O)(=O)c3cc(Cl)ccc3Cl)cc21. The second-order valence-electron chi connectivity index (χ2n) is 6.11. The minimum atomic E-state index is -3.94. The summed E-state index contributed by atoms with van der Waals surface area (Å²) >= 11 is 11.9. The van der Waals surface area contributed by atoms with Gasteiger partial charge in [-0.1, -0.05) is 29.3 Å². The lowest BCUT2D eigenvalue weighted by Gasteiger charge is -2.30. The van der Waals surface area contributed by atoms with Crippen molar-refractivity contribution in [2.24, 2.45) is 0 Å². The van der Waals surface area contributed by atoms with E-state index in [2.05, 4.69) is 4.72 Å². The van der Waals surface area contributed by atoms with Gasteiger partial charge in [0.1, 0.15) is 11.5 Å². The van der Waals surface area contributed by atoms with Gasteiger partial charge in [0.2, 0.25) is 0 Å². The Kier molecular flexibility index (Phi) is 5.95. The van der Waals surface area contributed by atoms with E-state index in [0.717, 1.165) is 18.4 Å². The number of benzene rings is 2. The normalized spacial score (nSPS) is 14.0. The molecule has 27 heavy (non-hydrogen) atoms. The monoisotopic (exact) mass is 428 g/mol. The van der Waals surface area contributed by atoms with Gasteiger partial charge in [0.05, 0.1) is 10.7 Å². The fourth-order valence-corrected chi connectivity index (χ4v) is 4.80. The summed E-state index contributed by atoms with van der Waals surface area (Å²) in [7, 11) is -2.48. The van der Waals surface area contributed by atoms with Crippen LogP contribution in [0, 0.1) is 0 Å². The Morgan fingerprint density at radius 3 is 2.74 bits per heavy atom. The number of sulfonamides is 1. The first kappa shape index (κ1) is 19.9. The van der Waals surface area contributed by atoms with Crippen molar-refractivity contribution in [3.8, 4) is 0 Å². The predicted octanol–water partition coefficient (Wildman–Crippen LogP) is 3.72. The zero-order valence-corrected chi connectivity index (χ0v) is 16.9. The van der Waals surface area contributed by atoms with Crippen molar-refractivity contribution < 1.29 is 17.9 Å². The number of hydrogen-bond donors (Lipinski definition) is 1. The maximum atomic E-state index is 12.7. The summed E-state index contributed by atoms with van der Waals surface area (Å²) in [5.74, 6) is -0.170. The van der Waals surface area contributed by atoms with Crippen molar-refractivity contribution in [1.82, 2.24) is 0 Å². The minimum Gasteiger partial charge on any atom is -0.375 e. The van der Waals surface area contributed by atoms with Gasteiger partial charge < -0.3 is 9.64 Å². The Balaban J connectivity index is 1.93. The maximum absolute atomic E-state index is 12.7. The number of hydrogen-bond acceptors (Lipinski definition) is 4. The molecule has 6 nitrogen and oxygen atoms in total. The van der Waals surface area contributed by atoms with E-state index in [1.54, 1.807) is 17.0 Å². The van der Waals surface area contributed by atoms with Gasteiger partial charge in [-0.15, -0.1) is 0 Å². The van der Waals surface area contributed by atoms with Crippen LogP contribution in [0.4, 0.5) is 11.4 Å². The zero-order chi connectivity index (χ0) is 19.6. The molecule has 2 aromatic rings. The first-order valence-electron chi connectivity index (χ1n) is 8.22. The summed E-state index contributed by atoms with van der Waals surface area (Å²) in [6, 6.07) is 9.37. The molecule has 0 saturated carbocycles.